The molecule has 1 aliphatic heterocycles. The van der Waals surface area contributed by atoms with Crippen molar-refractivity contribution in [2.75, 3.05) is 13.7 Å². The molecule has 1 aromatic rings. The van der Waals surface area contributed by atoms with Crippen LogP contribution in [0.3, 0.4) is 0 Å². The van der Waals surface area contributed by atoms with Gasteiger partial charge in [0.1, 0.15) is 11.6 Å². The molecule has 1 saturated heterocycles. The van der Waals surface area contributed by atoms with Gasteiger partial charge in [-0.3, -0.25) is 4.90 Å². The molecule has 1 aliphatic rings. The van der Waals surface area contributed by atoms with Crippen LogP contribution in [-0.4, -0.2) is 35.8 Å². The van der Waals surface area contributed by atoms with E-state index in [-0.39, 0.29) is 23.7 Å². The summed E-state index contributed by atoms with van der Waals surface area (Å²) in [4.78, 5) is 2.14. The molecule has 0 bridgehead atoms. The Labute approximate surface area is 107 Å². The van der Waals surface area contributed by atoms with E-state index >= 15 is 0 Å². The van der Waals surface area contributed by atoms with Crippen molar-refractivity contribution in [2.24, 2.45) is 0 Å². The zero-order chi connectivity index (χ0) is 13.3. The molecule has 1 aromatic carbocycles. The molecule has 0 spiro atoms. The van der Waals surface area contributed by atoms with Gasteiger partial charge in [0.05, 0.1) is 6.10 Å². The highest BCUT2D eigenvalue weighted by molar-refractivity contribution is 5.35. The summed E-state index contributed by atoms with van der Waals surface area (Å²) in [6.45, 7) is 4.78. The van der Waals surface area contributed by atoms with Crippen LogP contribution in [0.5, 0.6) is 5.75 Å². The Morgan fingerprint density at radius 3 is 2.83 bits per heavy atom. The molecule has 3 nitrogen and oxygen atoms in total. The molecular formula is C14H20FNO2. The molecule has 3 atom stereocenters. The molecular weight excluding hydrogens is 233 g/mol. The zero-order valence-electron chi connectivity index (χ0n) is 11.1. The molecule has 0 radical (unpaired) electrons. The fraction of sp³-hybridized carbons (Fsp3) is 0.571. The van der Waals surface area contributed by atoms with E-state index in [0.717, 1.165) is 13.0 Å². The first-order valence-electron chi connectivity index (χ1n) is 6.32. The normalized spacial score (nSPS) is 25.6. The molecule has 3 unspecified atom stereocenters. The van der Waals surface area contributed by atoms with Crippen LogP contribution < -0.4 is 0 Å². The zero-order valence-corrected chi connectivity index (χ0v) is 11.1. The third-order valence-electron chi connectivity index (χ3n) is 3.91. The molecule has 0 aromatic heterocycles. The number of phenolic OH excluding ortho intramolecular Hbond substituents is 1. The van der Waals surface area contributed by atoms with Gasteiger partial charge >= 0.3 is 0 Å². The van der Waals surface area contributed by atoms with Gasteiger partial charge in [0.2, 0.25) is 0 Å². The van der Waals surface area contributed by atoms with Crippen molar-refractivity contribution in [1.29, 1.82) is 0 Å². The summed E-state index contributed by atoms with van der Waals surface area (Å²) in [5.41, 5.74) is 0.622. The van der Waals surface area contributed by atoms with Gasteiger partial charge in [-0.05, 0) is 45.5 Å². The molecule has 0 amide bonds. The second-order valence-corrected chi connectivity index (χ2v) is 4.98. The number of rotatable bonds is 3. The lowest BCUT2D eigenvalue weighted by Crippen LogP contribution is -2.38. The molecule has 0 aliphatic carbocycles. The minimum absolute atomic E-state index is 0.0464. The van der Waals surface area contributed by atoms with Crippen molar-refractivity contribution in [1.82, 2.24) is 4.90 Å². The maximum atomic E-state index is 13.3. The van der Waals surface area contributed by atoms with Gasteiger partial charge in [0.15, 0.2) is 0 Å². The van der Waals surface area contributed by atoms with E-state index in [0.29, 0.717) is 11.6 Å². The highest BCUT2D eigenvalue weighted by atomic mass is 19.1. The first kappa shape index (κ1) is 13.3. The smallest absolute Gasteiger partial charge is 0.123 e. The molecule has 18 heavy (non-hydrogen) atoms. The van der Waals surface area contributed by atoms with Crippen LogP contribution >= 0.6 is 0 Å². The number of nitrogens with zero attached hydrogens (tertiary/aromatic N) is 1. The lowest BCUT2D eigenvalue weighted by Gasteiger charge is -2.32. The molecule has 4 heteroatoms. The van der Waals surface area contributed by atoms with Crippen LogP contribution in [0.1, 0.15) is 31.9 Å². The van der Waals surface area contributed by atoms with Gasteiger partial charge in [-0.2, -0.15) is 0 Å². The van der Waals surface area contributed by atoms with Crippen molar-refractivity contribution >= 4 is 0 Å². The molecule has 1 N–H and O–H groups in total. The second-order valence-electron chi connectivity index (χ2n) is 4.98. The fourth-order valence-corrected chi connectivity index (χ4v) is 2.62. The second kappa shape index (κ2) is 5.24. The van der Waals surface area contributed by atoms with E-state index < -0.39 is 0 Å². The number of hydrogen-bond donors (Lipinski definition) is 1. The highest BCUT2D eigenvalue weighted by Gasteiger charge is 2.31. The molecule has 0 saturated carbocycles. The Morgan fingerprint density at radius 2 is 2.22 bits per heavy atom. The molecule has 2 rings (SSSR count). The van der Waals surface area contributed by atoms with E-state index in [1.54, 1.807) is 0 Å². The largest absolute Gasteiger partial charge is 0.508 e. The number of phenols is 1. The lowest BCUT2D eigenvalue weighted by atomic mass is 10.0. The number of benzene rings is 1. The highest BCUT2D eigenvalue weighted by Crippen LogP contribution is 2.32. The van der Waals surface area contributed by atoms with E-state index in [1.807, 2.05) is 20.9 Å². The molecule has 100 valence electrons. The minimum Gasteiger partial charge on any atom is -0.508 e. The van der Waals surface area contributed by atoms with Gasteiger partial charge in [0.25, 0.3) is 0 Å². The average molecular weight is 253 g/mol. The summed E-state index contributed by atoms with van der Waals surface area (Å²) in [7, 11) is 1.99. The number of aromatic hydroxyl groups is 1. The first-order valence-corrected chi connectivity index (χ1v) is 6.32. The number of halogens is 1. The van der Waals surface area contributed by atoms with Gasteiger partial charge < -0.3 is 9.84 Å². The maximum absolute atomic E-state index is 13.3. The Balaban J connectivity index is 2.19. The number of ether oxygens (including phenoxy) is 1. The minimum atomic E-state index is -0.321. The van der Waals surface area contributed by atoms with Crippen molar-refractivity contribution < 1.29 is 14.2 Å². The molecule has 1 fully saturated rings. The summed E-state index contributed by atoms with van der Waals surface area (Å²) in [5.74, 6) is -0.180. The van der Waals surface area contributed by atoms with Gasteiger partial charge in [-0.1, -0.05) is 0 Å². The first-order chi connectivity index (χ1) is 8.50. The predicted molar refractivity (Wildman–Crippen MR) is 68.1 cm³/mol. The summed E-state index contributed by atoms with van der Waals surface area (Å²) in [6.07, 6.45) is 1.14. The third kappa shape index (κ3) is 2.49. The van der Waals surface area contributed by atoms with E-state index in [1.165, 1.54) is 18.2 Å². The van der Waals surface area contributed by atoms with Gasteiger partial charge in [0, 0.05) is 24.3 Å². The Kier molecular flexibility index (Phi) is 3.88. The lowest BCUT2D eigenvalue weighted by molar-refractivity contribution is 0.0699. The molecule has 1 heterocycles. The van der Waals surface area contributed by atoms with Crippen LogP contribution in [0.15, 0.2) is 18.2 Å². The summed E-state index contributed by atoms with van der Waals surface area (Å²) < 4.78 is 18.8. The predicted octanol–water partition coefficient (Wildman–Crippen LogP) is 2.70. The summed E-state index contributed by atoms with van der Waals surface area (Å²) in [5, 5.41) is 9.84. The quantitative estimate of drug-likeness (QED) is 0.899. The summed E-state index contributed by atoms with van der Waals surface area (Å²) in [6, 6.07) is 4.34. The van der Waals surface area contributed by atoms with Gasteiger partial charge in [-0.15, -0.1) is 0 Å². The van der Waals surface area contributed by atoms with Crippen molar-refractivity contribution in [2.45, 2.75) is 38.5 Å². The Bertz CT molecular complexity index is 424. The SMILES string of the molecule is CC1OCCC1N(C)C(C)c1cc(F)ccc1O. The topological polar surface area (TPSA) is 32.7 Å². The average Bonchev–Trinajstić information content (AvgIpc) is 2.77. The number of likely N-dealkylation sites (N-methyl/N-ethyl adjacent to an activating group) is 1. The maximum Gasteiger partial charge on any atom is 0.123 e. The van der Waals surface area contributed by atoms with Crippen LogP contribution in [0.25, 0.3) is 0 Å². The Morgan fingerprint density at radius 1 is 1.50 bits per heavy atom. The van der Waals surface area contributed by atoms with Crippen LogP contribution in [0.4, 0.5) is 4.39 Å². The van der Waals surface area contributed by atoms with Crippen molar-refractivity contribution in [3.8, 4) is 5.75 Å². The van der Waals surface area contributed by atoms with Crippen LogP contribution in [0.2, 0.25) is 0 Å². The van der Waals surface area contributed by atoms with Crippen LogP contribution in [-0.2, 0) is 4.74 Å². The monoisotopic (exact) mass is 253 g/mol. The van der Waals surface area contributed by atoms with Crippen molar-refractivity contribution in [3.05, 3.63) is 29.6 Å². The van der Waals surface area contributed by atoms with Crippen molar-refractivity contribution in [3.63, 3.8) is 0 Å². The summed E-state index contributed by atoms with van der Waals surface area (Å²) >= 11 is 0. The third-order valence-corrected chi connectivity index (χ3v) is 3.91. The standard InChI is InChI=1S/C14H20FNO2/c1-9(12-8-11(15)4-5-14(12)17)16(3)13-6-7-18-10(13)2/h4-5,8-10,13,17H,6-7H2,1-3H3. The van der Waals surface area contributed by atoms with Crippen LogP contribution in [0, 0.1) is 5.82 Å². The fourth-order valence-electron chi connectivity index (χ4n) is 2.62. The number of hydrogen-bond acceptors (Lipinski definition) is 3. The van der Waals surface area contributed by atoms with E-state index in [2.05, 4.69) is 4.90 Å². The van der Waals surface area contributed by atoms with E-state index in [9.17, 15) is 9.50 Å². The van der Waals surface area contributed by atoms with Gasteiger partial charge in [-0.25, -0.2) is 4.39 Å². The van der Waals surface area contributed by atoms with E-state index in [4.69, 9.17) is 4.74 Å². The Hall–Kier alpha value is -1.13.